The quantitative estimate of drug-likeness (QED) is 0.813. The average Bonchev–Trinajstić information content (AvgIpc) is 2.88. The molecule has 1 aliphatic heterocycles. The lowest BCUT2D eigenvalue weighted by Crippen LogP contribution is -2.34. The summed E-state index contributed by atoms with van der Waals surface area (Å²) in [5, 5.41) is 12.2. The molecule has 0 atom stereocenters. The Morgan fingerprint density at radius 3 is 2.89 bits per heavy atom. The van der Waals surface area contributed by atoms with Crippen LogP contribution < -0.4 is 5.32 Å². The monoisotopic (exact) mass is 277 g/mol. The first kappa shape index (κ1) is 14.5. The molecule has 1 aromatic rings. The molecule has 0 bridgehead atoms. The molecule has 0 saturated carbocycles. The molecule has 0 aliphatic carbocycles. The van der Waals surface area contributed by atoms with Gasteiger partial charge in [-0.25, -0.2) is 0 Å². The Bertz CT molecular complexity index is 413. The van der Waals surface area contributed by atoms with Gasteiger partial charge in [-0.2, -0.15) is 5.26 Å². The van der Waals surface area contributed by atoms with E-state index >= 15 is 0 Å². The molecule has 19 heavy (non-hydrogen) atoms. The summed E-state index contributed by atoms with van der Waals surface area (Å²) in [4.78, 5) is 4.64. The Labute approximate surface area is 120 Å². The summed E-state index contributed by atoms with van der Waals surface area (Å²) in [6.45, 7) is 8.08. The van der Waals surface area contributed by atoms with Crippen LogP contribution in [0.3, 0.4) is 0 Å². The fourth-order valence-corrected chi connectivity index (χ4v) is 3.23. The van der Waals surface area contributed by atoms with Crippen LogP contribution in [0.15, 0.2) is 12.1 Å². The molecule has 1 saturated heterocycles. The van der Waals surface area contributed by atoms with E-state index in [1.807, 2.05) is 12.1 Å². The minimum absolute atomic E-state index is 0.805. The number of rotatable bonds is 6. The van der Waals surface area contributed by atoms with Gasteiger partial charge in [0.2, 0.25) is 0 Å². The summed E-state index contributed by atoms with van der Waals surface area (Å²) in [6, 6.07) is 6.12. The minimum atomic E-state index is 0.805. The largest absolute Gasteiger partial charge is 0.312 e. The molecule has 2 heterocycles. The smallest absolute Gasteiger partial charge is 0.110 e. The summed E-state index contributed by atoms with van der Waals surface area (Å²) in [6.07, 6.45) is 3.93. The number of hydrogen-bond acceptors (Lipinski definition) is 4. The molecule has 4 heteroatoms. The molecular weight excluding hydrogens is 254 g/mol. The fourth-order valence-electron chi connectivity index (χ4n) is 2.46. The Morgan fingerprint density at radius 2 is 2.21 bits per heavy atom. The molecule has 1 aliphatic rings. The van der Waals surface area contributed by atoms with E-state index in [1.165, 1.54) is 43.8 Å². The van der Waals surface area contributed by atoms with Crippen molar-refractivity contribution in [3.8, 4) is 6.07 Å². The molecule has 0 unspecified atom stereocenters. The van der Waals surface area contributed by atoms with Gasteiger partial charge in [0.15, 0.2) is 0 Å². The SMILES string of the molecule is CC1CCN(CCCNCc2ccc(C#N)s2)CC1. The van der Waals surface area contributed by atoms with Crippen LogP contribution in [-0.4, -0.2) is 31.1 Å². The molecule has 1 fully saturated rings. The Morgan fingerprint density at radius 1 is 1.42 bits per heavy atom. The first-order valence-corrected chi connectivity index (χ1v) is 8.01. The van der Waals surface area contributed by atoms with Gasteiger partial charge in [0.1, 0.15) is 10.9 Å². The number of nitrogens with one attached hydrogen (secondary N) is 1. The normalized spacial score (nSPS) is 17.5. The van der Waals surface area contributed by atoms with E-state index in [4.69, 9.17) is 5.26 Å². The maximum absolute atomic E-state index is 8.76. The molecule has 1 aromatic heterocycles. The summed E-state index contributed by atoms with van der Waals surface area (Å²) in [7, 11) is 0. The Balaban J connectivity index is 1.54. The van der Waals surface area contributed by atoms with Gasteiger partial charge >= 0.3 is 0 Å². The molecule has 3 nitrogen and oxygen atoms in total. The maximum atomic E-state index is 8.76. The predicted octanol–water partition coefficient (Wildman–Crippen LogP) is 2.83. The molecule has 0 amide bonds. The van der Waals surface area contributed by atoms with Crippen molar-refractivity contribution in [3.63, 3.8) is 0 Å². The van der Waals surface area contributed by atoms with Gasteiger partial charge in [0.05, 0.1) is 0 Å². The lowest BCUT2D eigenvalue weighted by molar-refractivity contribution is 0.190. The van der Waals surface area contributed by atoms with Crippen molar-refractivity contribution in [1.29, 1.82) is 5.26 Å². The van der Waals surface area contributed by atoms with E-state index in [0.717, 1.165) is 23.9 Å². The van der Waals surface area contributed by atoms with E-state index in [0.29, 0.717) is 0 Å². The predicted molar refractivity (Wildman–Crippen MR) is 80.2 cm³/mol. The van der Waals surface area contributed by atoms with Crippen LogP contribution in [0.2, 0.25) is 0 Å². The standard InChI is InChI=1S/C15H23N3S/c1-13-5-9-18(10-6-13)8-2-7-17-12-15-4-3-14(11-16)19-15/h3-4,13,17H,2,5-10,12H2,1H3. The van der Waals surface area contributed by atoms with Gasteiger partial charge < -0.3 is 10.2 Å². The molecular formula is C15H23N3S. The summed E-state index contributed by atoms with van der Waals surface area (Å²) in [5.41, 5.74) is 0. The highest BCUT2D eigenvalue weighted by molar-refractivity contribution is 7.12. The topological polar surface area (TPSA) is 39.1 Å². The van der Waals surface area contributed by atoms with Crippen molar-refractivity contribution < 1.29 is 0 Å². The summed E-state index contributed by atoms with van der Waals surface area (Å²) < 4.78 is 0. The van der Waals surface area contributed by atoms with Crippen molar-refractivity contribution >= 4 is 11.3 Å². The van der Waals surface area contributed by atoms with Crippen molar-refractivity contribution in [2.75, 3.05) is 26.2 Å². The van der Waals surface area contributed by atoms with E-state index in [-0.39, 0.29) is 0 Å². The van der Waals surface area contributed by atoms with Crippen LogP contribution in [0.5, 0.6) is 0 Å². The highest BCUT2D eigenvalue weighted by Gasteiger charge is 2.14. The molecule has 2 rings (SSSR count). The third-order valence-electron chi connectivity index (χ3n) is 3.78. The van der Waals surface area contributed by atoms with Crippen molar-refractivity contribution in [2.24, 2.45) is 5.92 Å². The average molecular weight is 277 g/mol. The van der Waals surface area contributed by atoms with Gasteiger partial charge in [0, 0.05) is 11.4 Å². The Kier molecular flexibility index (Phi) is 5.84. The zero-order valence-electron chi connectivity index (χ0n) is 11.7. The zero-order valence-corrected chi connectivity index (χ0v) is 12.5. The molecule has 0 spiro atoms. The first-order valence-electron chi connectivity index (χ1n) is 7.20. The van der Waals surface area contributed by atoms with E-state index < -0.39 is 0 Å². The lowest BCUT2D eigenvalue weighted by Gasteiger charge is -2.30. The Hall–Kier alpha value is -0.890. The second-order valence-electron chi connectivity index (χ2n) is 5.43. The van der Waals surface area contributed by atoms with Crippen molar-refractivity contribution in [2.45, 2.75) is 32.7 Å². The fraction of sp³-hybridized carbons (Fsp3) is 0.667. The summed E-state index contributed by atoms with van der Waals surface area (Å²) in [5.74, 6) is 0.919. The lowest BCUT2D eigenvalue weighted by atomic mass is 9.99. The second kappa shape index (κ2) is 7.64. The van der Waals surface area contributed by atoms with Crippen LogP contribution in [0.25, 0.3) is 0 Å². The summed E-state index contributed by atoms with van der Waals surface area (Å²) >= 11 is 1.59. The third-order valence-corrected chi connectivity index (χ3v) is 4.77. The number of likely N-dealkylation sites (tertiary alicyclic amines) is 1. The van der Waals surface area contributed by atoms with Crippen LogP contribution in [0.1, 0.15) is 35.9 Å². The van der Waals surface area contributed by atoms with Crippen LogP contribution >= 0.6 is 11.3 Å². The highest BCUT2D eigenvalue weighted by atomic mass is 32.1. The maximum Gasteiger partial charge on any atom is 0.110 e. The zero-order chi connectivity index (χ0) is 13.5. The van der Waals surface area contributed by atoms with Crippen molar-refractivity contribution in [3.05, 3.63) is 21.9 Å². The van der Waals surface area contributed by atoms with Crippen molar-refractivity contribution in [1.82, 2.24) is 10.2 Å². The molecule has 0 radical (unpaired) electrons. The number of nitrogens with zero attached hydrogens (tertiary/aromatic N) is 2. The number of nitriles is 1. The van der Waals surface area contributed by atoms with Gasteiger partial charge in [-0.1, -0.05) is 6.92 Å². The van der Waals surface area contributed by atoms with Crippen LogP contribution in [-0.2, 0) is 6.54 Å². The molecule has 0 aromatic carbocycles. The number of thiophene rings is 1. The van der Waals surface area contributed by atoms with Gasteiger partial charge in [-0.05, 0) is 63.5 Å². The highest BCUT2D eigenvalue weighted by Crippen LogP contribution is 2.16. The first-order chi connectivity index (χ1) is 9.28. The van der Waals surface area contributed by atoms with Gasteiger partial charge in [-0.3, -0.25) is 0 Å². The van der Waals surface area contributed by atoms with Crippen LogP contribution in [0.4, 0.5) is 0 Å². The van der Waals surface area contributed by atoms with E-state index in [1.54, 1.807) is 11.3 Å². The number of hydrogen-bond donors (Lipinski definition) is 1. The third kappa shape index (κ3) is 4.94. The van der Waals surface area contributed by atoms with Gasteiger partial charge in [0.25, 0.3) is 0 Å². The number of piperidine rings is 1. The minimum Gasteiger partial charge on any atom is -0.312 e. The van der Waals surface area contributed by atoms with Gasteiger partial charge in [-0.15, -0.1) is 11.3 Å². The molecule has 1 N–H and O–H groups in total. The molecule has 104 valence electrons. The van der Waals surface area contributed by atoms with Crippen LogP contribution in [0, 0.1) is 17.2 Å². The van der Waals surface area contributed by atoms with E-state index in [2.05, 4.69) is 23.2 Å². The van der Waals surface area contributed by atoms with E-state index in [9.17, 15) is 0 Å². The second-order valence-corrected chi connectivity index (χ2v) is 6.60.